The molecule has 0 heterocycles. The number of hydrogen-bond acceptors (Lipinski definition) is 3. The largest absolute Gasteiger partial charge is 0.497 e. The van der Waals surface area contributed by atoms with E-state index in [4.69, 9.17) is 4.74 Å². The van der Waals surface area contributed by atoms with E-state index in [1.165, 1.54) is 11.1 Å². The van der Waals surface area contributed by atoms with Crippen molar-refractivity contribution < 1.29 is 19.3 Å². The van der Waals surface area contributed by atoms with Gasteiger partial charge in [-0.1, -0.05) is 19.4 Å². The van der Waals surface area contributed by atoms with E-state index in [1.807, 2.05) is 6.92 Å². The lowest BCUT2D eigenvalue weighted by atomic mass is 9.51. The third-order valence-corrected chi connectivity index (χ3v) is 7.76. The summed E-state index contributed by atoms with van der Waals surface area (Å²) in [5.74, 6) is 1.26. The Kier molecular flexibility index (Phi) is 3.67. The minimum absolute atomic E-state index is 0.0390. The molecular formula is C20H29FO3. The van der Waals surface area contributed by atoms with Crippen molar-refractivity contribution in [3.8, 4) is 0 Å². The van der Waals surface area contributed by atoms with Crippen molar-refractivity contribution in [3.63, 3.8) is 0 Å². The number of fused-ring (bicyclic) bond motifs is 5. The van der Waals surface area contributed by atoms with Crippen molar-refractivity contribution in [2.45, 2.75) is 70.8 Å². The molecule has 0 spiro atoms. The molecule has 3 nitrogen and oxygen atoms in total. The van der Waals surface area contributed by atoms with Crippen LogP contribution < -0.4 is 0 Å². The Morgan fingerprint density at radius 3 is 2.62 bits per heavy atom. The molecule has 0 aromatic carbocycles. The highest BCUT2D eigenvalue weighted by molar-refractivity contribution is 5.42. The third kappa shape index (κ3) is 2.02. The zero-order valence-corrected chi connectivity index (χ0v) is 14.9. The molecule has 4 heteroatoms. The SMILES string of the molecule is COC1=C2[C@@H]3C[C@@H](F)[C@H](O)[C@@]3(C)CC[C@@H]2[C@@]2(C)CC[C@H](O)CC2=C1. The first kappa shape index (κ1) is 16.6. The smallest absolute Gasteiger partial charge is 0.127 e. The molecule has 0 amide bonds. The van der Waals surface area contributed by atoms with Crippen LogP contribution in [0.15, 0.2) is 23.0 Å². The molecule has 7 atom stereocenters. The van der Waals surface area contributed by atoms with Gasteiger partial charge in [0.05, 0.1) is 19.3 Å². The fraction of sp³-hybridized carbons (Fsp3) is 0.800. The van der Waals surface area contributed by atoms with Crippen LogP contribution in [-0.2, 0) is 4.74 Å². The monoisotopic (exact) mass is 336 g/mol. The molecule has 134 valence electrons. The number of aliphatic hydroxyl groups excluding tert-OH is 2. The maximum atomic E-state index is 14.4. The van der Waals surface area contributed by atoms with Gasteiger partial charge in [-0.3, -0.25) is 0 Å². The predicted molar refractivity (Wildman–Crippen MR) is 89.9 cm³/mol. The predicted octanol–water partition coefficient (Wildman–Crippen LogP) is 3.51. The average molecular weight is 336 g/mol. The van der Waals surface area contributed by atoms with Gasteiger partial charge in [0, 0.05) is 5.41 Å². The number of aliphatic hydroxyl groups is 2. The van der Waals surface area contributed by atoms with Gasteiger partial charge < -0.3 is 14.9 Å². The standard InChI is InChI=1S/C20H29FO3/c1-19-6-4-12(22)8-11(19)9-16(24-3)17-13(19)5-7-20(2)14(17)10-15(21)18(20)23/h9,12-15,18,22-23H,4-8,10H2,1-3H3/t12-,13-,14-,15+,18-,19-,20-/m0/s1. The minimum atomic E-state index is -1.14. The van der Waals surface area contributed by atoms with Crippen LogP contribution in [0.2, 0.25) is 0 Å². The molecule has 24 heavy (non-hydrogen) atoms. The van der Waals surface area contributed by atoms with E-state index >= 15 is 0 Å². The summed E-state index contributed by atoms with van der Waals surface area (Å²) >= 11 is 0. The fourth-order valence-electron chi connectivity index (χ4n) is 6.16. The van der Waals surface area contributed by atoms with Crippen LogP contribution in [0.25, 0.3) is 0 Å². The number of halogens is 1. The highest BCUT2D eigenvalue weighted by Crippen LogP contribution is 2.64. The summed E-state index contributed by atoms with van der Waals surface area (Å²) in [5, 5.41) is 20.5. The lowest BCUT2D eigenvalue weighted by molar-refractivity contribution is -0.0206. The molecule has 3 fully saturated rings. The quantitative estimate of drug-likeness (QED) is 0.770. The third-order valence-electron chi connectivity index (χ3n) is 7.76. The van der Waals surface area contributed by atoms with Crippen molar-refractivity contribution in [1.29, 1.82) is 0 Å². The molecule has 2 N–H and O–H groups in total. The van der Waals surface area contributed by atoms with Crippen LogP contribution in [-0.4, -0.2) is 35.7 Å². The highest BCUT2D eigenvalue weighted by Gasteiger charge is 2.60. The molecule has 0 radical (unpaired) electrons. The van der Waals surface area contributed by atoms with Crippen molar-refractivity contribution >= 4 is 0 Å². The molecule has 0 aromatic heterocycles. The Hall–Kier alpha value is -0.870. The van der Waals surface area contributed by atoms with E-state index in [0.29, 0.717) is 18.8 Å². The molecule has 4 aliphatic carbocycles. The van der Waals surface area contributed by atoms with Crippen molar-refractivity contribution in [3.05, 3.63) is 23.0 Å². The van der Waals surface area contributed by atoms with E-state index in [2.05, 4.69) is 13.0 Å². The zero-order valence-electron chi connectivity index (χ0n) is 14.9. The summed E-state index contributed by atoms with van der Waals surface area (Å²) in [5.41, 5.74) is 2.17. The molecule has 0 bridgehead atoms. The molecule has 0 aromatic rings. The first-order valence-corrected chi connectivity index (χ1v) is 9.30. The second kappa shape index (κ2) is 5.31. The van der Waals surface area contributed by atoms with Gasteiger partial charge >= 0.3 is 0 Å². The van der Waals surface area contributed by atoms with Crippen LogP contribution in [0.3, 0.4) is 0 Å². The van der Waals surface area contributed by atoms with Gasteiger partial charge in [-0.25, -0.2) is 4.39 Å². The van der Waals surface area contributed by atoms with Crippen LogP contribution in [0.1, 0.15) is 52.4 Å². The second-order valence-electron chi connectivity index (χ2n) is 8.85. The number of allylic oxidation sites excluding steroid dienone is 2. The Morgan fingerprint density at radius 2 is 1.92 bits per heavy atom. The first-order chi connectivity index (χ1) is 11.3. The number of methoxy groups -OCH3 is 1. The summed E-state index contributed by atoms with van der Waals surface area (Å²) in [6.45, 7) is 4.35. The Labute approximate surface area is 143 Å². The summed E-state index contributed by atoms with van der Waals surface area (Å²) in [7, 11) is 1.68. The maximum Gasteiger partial charge on any atom is 0.127 e. The van der Waals surface area contributed by atoms with Crippen molar-refractivity contribution in [2.75, 3.05) is 7.11 Å². The number of rotatable bonds is 1. The first-order valence-electron chi connectivity index (χ1n) is 9.30. The van der Waals surface area contributed by atoms with Crippen LogP contribution >= 0.6 is 0 Å². The summed E-state index contributed by atoms with van der Waals surface area (Å²) in [6, 6.07) is 0. The molecule has 0 unspecified atom stereocenters. The van der Waals surface area contributed by atoms with Crippen LogP contribution in [0, 0.1) is 22.7 Å². The highest BCUT2D eigenvalue weighted by atomic mass is 19.1. The van der Waals surface area contributed by atoms with E-state index in [0.717, 1.165) is 31.4 Å². The fourth-order valence-corrected chi connectivity index (χ4v) is 6.16. The van der Waals surface area contributed by atoms with Crippen LogP contribution in [0.4, 0.5) is 4.39 Å². The van der Waals surface area contributed by atoms with Gasteiger partial charge in [-0.05, 0) is 67.4 Å². The number of hydrogen-bond donors (Lipinski definition) is 2. The van der Waals surface area contributed by atoms with Gasteiger partial charge in [0.2, 0.25) is 0 Å². The lowest BCUT2D eigenvalue weighted by Gasteiger charge is -2.54. The zero-order chi connectivity index (χ0) is 17.3. The molecule has 4 aliphatic rings. The van der Waals surface area contributed by atoms with Gasteiger partial charge in [0.1, 0.15) is 11.9 Å². The molecular weight excluding hydrogens is 307 g/mol. The van der Waals surface area contributed by atoms with Crippen molar-refractivity contribution in [2.24, 2.45) is 22.7 Å². The number of alkyl halides is 1. The van der Waals surface area contributed by atoms with Gasteiger partial charge in [-0.15, -0.1) is 0 Å². The molecule has 4 rings (SSSR count). The van der Waals surface area contributed by atoms with Gasteiger partial charge in [0.15, 0.2) is 0 Å². The van der Waals surface area contributed by atoms with E-state index in [-0.39, 0.29) is 22.9 Å². The summed E-state index contributed by atoms with van der Waals surface area (Å²) in [4.78, 5) is 0. The second-order valence-corrected chi connectivity index (χ2v) is 8.85. The van der Waals surface area contributed by atoms with E-state index in [9.17, 15) is 14.6 Å². The normalized spacial score (nSPS) is 50.8. The summed E-state index contributed by atoms with van der Waals surface area (Å²) < 4.78 is 20.1. The minimum Gasteiger partial charge on any atom is -0.497 e. The van der Waals surface area contributed by atoms with Gasteiger partial charge in [-0.2, -0.15) is 0 Å². The van der Waals surface area contributed by atoms with E-state index < -0.39 is 12.3 Å². The van der Waals surface area contributed by atoms with Crippen molar-refractivity contribution in [1.82, 2.24) is 0 Å². The Bertz CT molecular complexity index is 612. The topological polar surface area (TPSA) is 49.7 Å². The Balaban J connectivity index is 1.83. The maximum absolute atomic E-state index is 14.4. The molecule has 0 aliphatic heterocycles. The number of ether oxygens (including phenoxy) is 1. The Morgan fingerprint density at radius 1 is 1.17 bits per heavy atom. The summed E-state index contributed by atoms with van der Waals surface area (Å²) in [6.07, 6.45) is 4.56. The molecule has 0 saturated heterocycles. The molecule has 3 saturated carbocycles. The van der Waals surface area contributed by atoms with E-state index in [1.54, 1.807) is 7.11 Å². The van der Waals surface area contributed by atoms with Crippen LogP contribution in [0.5, 0.6) is 0 Å². The van der Waals surface area contributed by atoms with Gasteiger partial charge in [0.25, 0.3) is 0 Å². The average Bonchev–Trinajstić information content (AvgIpc) is 2.78. The lowest BCUT2D eigenvalue weighted by Crippen LogP contribution is -2.48.